The Bertz CT molecular complexity index is 851. The van der Waals surface area contributed by atoms with E-state index in [0.717, 1.165) is 38.5 Å². The van der Waals surface area contributed by atoms with Crippen molar-refractivity contribution in [3.05, 3.63) is 0 Å². The lowest BCUT2D eigenvalue weighted by atomic mass is 9.46. The number of hydrogen-bond donors (Lipinski definition) is 2. The van der Waals surface area contributed by atoms with Crippen LogP contribution in [0.5, 0.6) is 0 Å². The summed E-state index contributed by atoms with van der Waals surface area (Å²) in [4.78, 5) is 23.5. The van der Waals surface area contributed by atoms with Crippen LogP contribution in [0.4, 0.5) is 0 Å². The molecule has 4 aliphatic carbocycles. The topological polar surface area (TPSA) is 83.8 Å². The SMILES string of the molecule is C#CC1CC2C3CCC4CCC(C#C)(OC(=O)CCC(=O)O)C4(C)C3CCC2(C)C1O. The van der Waals surface area contributed by atoms with Crippen molar-refractivity contribution in [2.75, 3.05) is 0 Å². The van der Waals surface area contributed by atoms with Gasteiger partial charge in [-0.15, -0.1) is 18.8 Å². The minimum atomic E-state index is -1.02. The van der Waals surface area contributed by atoms with Crippen LogP contribution in [0, 0.1) is 65.1 Å². The molecule has 168 valence electrons. The summed E-state index contributed by atoms with van der Waals surface area (Å²) in [6, 6.07) is 0. The standard InChI is InChI=1S/C26H34O5/c1-5-16-15-20-18-8-7-17-11-14-26(6-2,31-22(29)10-9-21(27)28)25(17,4)19(18)12-13-24(20,3)23(16)30/h1-2,16-20,23,30H,7-15H2,3-4H3,(H,27,28). The molecule has 4 fully saturated rings. The molecule has 0 saturated heterocycles. The highest BCUT2D eigenvalue weighted by Gasteiger charge is 2.69. The van der Waals surface area contributed by atoms with Crippen LogP contribution in [-0.2, 0) is 14.3 Å². The second kappa shape index (κ2) is 7.56. The average Bonchev–Trinajstić information content (AvgIpc) is 3.18. The van der Waals surface area contributed by atoms with Crippen molar-refractivity contribution >= 4 is 11.9 Å². The molecule has 0 bridgehead atoms. The molecule has 0 heterocycles. The van der Waals surface area contributed by atoms with E-state index in [1.165, 1.54) is 0 Å². The highest BCUT2D eigenvalue weighted by Crippen LogP contribution is 2.70. The van der Waals surface area contributed by atoms with Gasteiger partial charge in [0.05, 0.1) is 18.9 Å². The molecule has 4 saturated carbocycles. The van der Waals surface area contributed by atoms with E-state index in [-0.39, 0.29) is 29.6 Å². The molecule has 5 heteroatoms. The number of aliphatic carboxylic acids is 1. The quantitative estimate of drug-likeness (QED) is 0.530. The summed E-state index contributed by atoms with van der Waals surface area (Å²) in [7, 11) is 0. The van der Waals surface area contributed by atoms with Gasteiger partial charge < -0.3 is 14.9 Å². The van der Waals surface area contributed by atoms with E-state index in [2.05, 4.69) is 25.7 Å². The van der Waals surface area contributed by atoms with E-state index in [0.29, 0.717) is 30.1 Å². The van der Waals surface area contributed by atoms with Gasteiger partial charge in [0.15, 0.2) is 5.60 Å². The molecule has 9 unspecified atom stereocenters. The number of carboxylic acid groups (broad SMARTS) is 1. The molecule has 0 aromatic rings. The number of fused-ring (bicyclic) bond motifs is 5. The Hall–Kier alpha value is -1.98. The second-order valence-electron chi connectivity index (χ2n) is 10.8. The monoisotopic (exact) mass is 426 g/mol. The first-order chi connectivity index (χ1) is 14.6. The van der Waals surface area contributed by atoms with Crippen molar-refractivity contribution in [2.45, 2.75) is 83.3 Å². The Morgan fingerprint density at radius 2 is 1.81 bits per heavy atom. The molecule has 9 atom stereocenters. The molecule has 0 spiro atoms. The first-order valence-electron chi connectivity index (χ1n) is 11.7. The van der Waals surface area contributed by atoms with Crippen molar-refractivity contribution in [3.8, 4) is 24.7 Å². The summed E-state index contributed by atoms with van der Waals surface area (Å²) in [5.41, 5.74) is -1.51. The fourth-order valence-electron chi connectivity index (χ4n) is 8.20. The maximum Gasteiger partial charge on any atom is 0.307 e. The molecule has 4 aliphatic rings. The predicted molar refractivity (Wildman–Crippen MR) is 115 cm³/mol. The van der Waals surface area contributed by atoms with E-state index in [4.69, 9.17) is 22.7 Å². The number of esters is 1. The number of carboxylic acids is 1. The third-order valence-electron chi connectivity index (χ3n) is 9.90. The number of terminal acetylenes is 2. The number of aliphatic hydroxyl groups is 1. The molecule has 0 aromatic heterocycles. The van der Waals surface area contributed by atoms with Crippen LogP contribution >= 0.6 is 0 Å². The lowest BCUT2D eigenvalue weighted by molar-refractivity contribution is -0.187. The molecule has 2 N–H and O–H groups in total. The van der Waals surface area contributed by atoms with Crippen LogP contribution in [0.15, 0.2) is 0 Å². The number of aliphatic hydroxyl groups excluding tert-OH is 1. The lowest BCUT2D eigenvalue weighted by Crippen LogP contribution is -2.59. The number of ether oxygens (including phenoxy) is 1. The zero-order chi connectivity index (χ0) is 22.6. The highest BCUT2D eigenvalue weighted by molar-refractivity contribution is 5.77. The maximum absolute atomic E-state index is 12.6. The summed E-state index contributed by atoms with van der Waals surface area (Å²) in [6.07, 6.45) is 17.3. The van der Waals surface area contributed by atoms with Crippen molar-refractivity contribution < 1.29 is 24.5 Å². The molecule has 31 heavy (non-hydrogen) atoms. The van der Waals surface area contributed by atoms with Gasteiger partial charge in [-0.25, -0.2) is 0 Å². The predicted octanol–water partition coefficient (Wildman–Crippen LogP) is 3.64. The summed E-state index contributed by atoms with van der Waals surface area (Å²) >= 11 is 0. The highest BCUT2D eigenvalue weighted by atomic mass is 16.6. The maximum atomic E-state index is 12.6. The van der Waals surface area contributed by atoms with E-state index in [1.54, 1.807) is 0 Å². The van der Waals surface area contributed by atoms with Gasteiger partial charge >= 0.3 is 11.9 Å². The third kappa shape index (κ3) is 3.04. The molecule has 5 nitrogen and oxygen atoms in total. The van der Waals surface area contributed by atoms with E-state index in [1.807, 2.05) is 0 Å². The second-order valence-corrected chi connectivity index (χ2v) is 10.8. The Morgan fingerprint density at radius 1 is 1.06 bits per heavy atom. The first kappa shape index (κ1) is 22.2. The van der Waals surface area contributed by atoms with Gasteiger partial charge in [-0.05, 0) is 74.0 Å². The molecule has 0 aliphatic heterocycles. The van der Waals surface area contributed by atoms with E-state index in [9.17, 15) is 14.7 Å². The Labute approximate surface area is 185 Å². The fourth-order valence-corrected chi connectivity index (χ4v) is 8.20. The third-order valence-corrected chi connectivity index (χ3v) is 9.90. The van der Waals surface area contributed by atoms with Crippen LogP contribution < -0.4 is 0 Å². The molecule has 0 amide bonds. The summed E-state index contributed by atoms with van der Waals surface area (Å²) < 4.78 is 6.00. The minimum absolute atomic E-state index is 0.103. The Balaban J connectivity index is 1.65. The first-order valence-corrected chi connectivity index (χ1v) is 11.7. The smallest absolute Gasteiger partial charge is 0.307 e. The normalized spacial score (nSPS) is 47.9. The van der Waals surface area contributed by atoms with E-state index < -0.39 is 23.6 Å². The number of rotatable bonds is 4. The van der Waals surface area contributed by atoms with Gasteiger partial charge in [0, 0.05) is 11.3 Å². The summed E-state index contributed by atoms with van der Waals surface area (Å²) in [5, 5.41) is 19.9. The van der Waals surface area contributed by atoms with Gasteiger partial charge in [0.2, 0.25) is 0 Å². The van der Waals surface area contributed by atoms with Crippen molar-refractivity contribution in [1.82, 2.24) is 0 Å². The van der Waals surface area contributed by atoms with Crippen molar-refractivity contribution in [3.63, 3.8) is 0 Å². The van der Waals surface area contributed by atoms with Gasteiger partial charge in [-0.3, -0.25) is 9.59 Å². The van der Waals surface area contributed by atoms with Crippen LogP contribution in [0.1, 0.15) is 71.6 Å². The van der Waals surface area contributed by atoms with Gasteiger partial charge in [-0.2, -0.15) is 0 Å². The van der Waals surface area contributed by atoms with E-state index >= 15 is 0 Å². The largest absolute Gasteiger partial charge is 0.481 e. The van der Waals surface area contributed by atoms with Crippen LogP contribution in [0.3, 0.4) is 0 Å². The summed E-state index contributed by atoms with van der Waals surface area (Å²) in [6.45, 7) is 4.40. The minimum Gasteiger partial charge on any atom is -0.481 e. The zero-order valence-electron chi connectivity index (χ0n) is 18.6. The number of carbonyl (C=O) groups is 2. The number of hydrogen-bond acceptors (Lipinski definition) is 4. The Kier molecular flexibility index (Phi) is 5.42. The molecule has 4 rings (SSSR count). The molecular weight excluding hydrogens is 392 g/mol. The fraction of sp³-hybridized carbons (Fsp3) is 0.769. The van der Waals surface area contributed by atoms with Crippen LogP contribution in [0.25, 0.3) is 0 Å². The molecule has 0 aromatic carbocycles. The Morgan fingerprint density at radius 3 is 2.45 bits per heavy atom. The lowest BCUT2D eigenvalue weighted by Gasteiger charge is -2.59. The van der Waals surface area contributed by atoms with Gasteiger partial charge in [0.1, 0.15) is 0 Å². The average molecular weight is 427 g/mol. The number of carbonyl (C=O) groups excluding carboxylic acids is 1. The van der Waals surface area contributed by atoms with Crippen molar-refractivity contribution in [1.29, 1.82) is 0 Å². The van der Waals surface area contributed by atoms with Gasteiger partial charge in [0.25, 0.3) is 0 Å². The molecular formula is C26H34O5. The van der Waals surface area contributed by atoms with Gasteiger partial charge in [-0.1, -0.05) is 19.8 Å². The van der Waals surface area contributed by atoms with Crippen LogP contribution in [-0.4, -0.2) is 33.9 Å². The zero-order valence-corrected chi connectivity index (χ0v) is 18.6. The van der Waals surface area contributed by atoms with Crippen LogP contribution in [0.2, 0.25) is 0 Å². The van der Waals surface area contributed by atoms with Crippen molar-refractivity contribution in [2.24, 2.45) is 40.4 Å². The molecule has 0 radical (unpaired) electrons. The summed E-state index contributed by atoms with van der Waals surface area (Å²) in [5.74, 6) is 5.51.